The van der Waals surface area contributed by atoms with Crippen molar-refractivity contribution < 1.29 is 30.6 Å². The molecule has 0 spiro atoms. The second-order valence-electron chi connectivity index (χ2n) is 12.4. The summed E-state index contributed by atoms with van der Waals surface area (Å²) >= 11 is 0. The summed E-state index contributed by atoms with van der Waals surface area (Å²) < 4.78 is 0. The molecule has 8 heteroatoms. The van der Waals surface area contributed by atoms with Gasteiger partial charge < -0.3 is 30.6 Å². The fourth-order valence-corrected chi connectivity index (χ4v) is 6.44. The first-order chi connectivity index (χ1) is 21.3. The molecule has 0 bridgehead atoms. The second-order valence-corrected chi connectivity index (χ2v) is 12.4. The number of hydrogen-bond acceptors (Lipinski definition) is 8. The first kappa shape index (κ1) is 35.7. The number of aromatic hydroxyl groups is 2. The van der Waals surface area contributed by atoms with Crippen LogP contribution in [0.1, 0.15) is 122 Å². The first-order valence-electron chi connectivity index (χ1n) is 16.5. The Morgan fingerprint density at radius 2 is 0.955 bits per heavy atom. The second kappa shape index (κ2) is 18.9. The van der Waals surface area contributed by atoms with E-state index in [2.05, 4.69) is 0 Å². The Hall–Kier alpha value is -2.78. The van der Waals surface area contributed by atoms with Crippen LogP contribution < -0.4 is 0 Å². The van der Waals surface area contributed by atoms with Gasteiger partial charge in [-0.2, -0.15) is 0 Å². The molecule has 3 rings (SSSR count). The van der Waals surface area contributed by atoms with Gasteiger partial charge in [0.05, 0.1) is 12.1 Å². The van der Waals surface area contributed by atoms with Crippen molar-refractivity contribution in [1.82, 2.24) is 0 Å². The molecule has 0 amide bonds. The van der Waals surface area contributed by atoms with Crippen LogP contribution in [0.3, 0.4) is 0 Å². The van der Waals surface area contributed by atoms with Crippen molar-refractivity contribution >= 4 is 12.4 Å². The molecule has 2 unspecified atom stereocenters. The van der Waals surface area contributed by atoms with E-state index in [0.29, 0.717) is 36.8 Å². The Labute approximate surface area is 263 Å². The van der Waals surface area contributed by atoms with Crippen LogP contribution in [0, 0.1) is 13.8 Å². The van der Waals surface area contributed by atoms with E-state index >= 15 is 0 Å². The van der Waals surface area contributed by atoms with Gasteiger partial charge in [-0.25, -0.2) is 0 Å². The van der Waals surface area contributed by atoms with Gasteiger partial charge in [-0.15, -0.1) is 0 Å². The summed E-state index contributed by atoms with van der Waals surface area (Å²) in [6.07, 6.45) is 13.4. The number of benzene rings is 2. The fraction of sp³-hybridized carbons (Fsp3) is 0.611. The number of aliphatic imine (C=N–C) groups is 2. The molecule has 2 aromatic carbocycles. The van der Waals surface area contributed by atoms with Gasteiger partial charge in [-0.1, -0.05) is 25.0 Å². The maximum atomic E-state index is 10.9. The number of aryl methyl sites for hydroxylation is 2. The number of phenols is 2. The van der Waals surface area contributed by atoms with Gasteiger partial charge in [0.1, 0.15) is 11.5 Å². The van der Waals surface area contributed by atoms with Gasteiger partial charge in [0.25, 0.3) is 0 Å². The molecule has 0 aliphatic heterocycles. The third-order valence-electron chi connectivity index (χ3n) is 8.99. The van der Waals surface area contributed by atoms with Crippen LogP contribution in [0.4, 0.5) is 0 Å². The summed E-state index contributed by atoms with van der Waals surface area (Å²) in [5, 5.41) is 59.3. The van der Waals surface area contributed by atoms with Gasteiger partial charge in [-0.3, -0.25) is 9.98 Å². The van der Waals surface area contributed by atoms with Crippen LogP contribution in [0.2, 0.25) is 0 Å². The van der Waals surface area contributed by atoms with Crippen LogP contribution in [-0.2, 0) is 0 Å². The van der Waals surface area contributed by atoms with E-state index in [1.54, 1.807) is 12.4 Å². The van der Waals surface area contributed by atoms with Crippen molar-refractivity contribution in [2.75, 3.05) is 26.4 Å². The van der Waals surface area contributed by atoms with E-state index in [9.17, 15) is 30.6 Å². The van der Waals surface area contributed by atoms with Gasteiger partial charge in [0, 0.05) is 50.0 Å². The molecular formula is C36H54N2O6. The van der Waals surface area contributed by atoms with E-state index in [4.69, 9.17) is 9.98 Å². The molecule has 0 aromatic heterocycles. The molecule has 1 aliphatic rings. The minimum Gasteiger partial charge on any atom is -0.507 e. The number of nitrogens with zero attached hydrogens (tertiary/aromatic N) is 2. The summed E-state index contributed by atoms with van der Waals surface area (Å²) in [4.78, 5) is 9.88. The van der Waals surface area contributed by atoms with E-state index < -0.39 is 0 Å². The SMILES string of the molecule is Cc1cc(C(CCCO)CCCO)cc(/C=N/C2CCCCC2/N=C/c2cc(C(CCCO)CCCO)cc(C)c2O)c1O. The third kappa shape index (κ3) is 10.4. The Morgan fingerprint density at radius 1 is 0.614 bits per heavy atom. The summed E-state index contributed by atoms with van der Waals surface area (Å²) in [5.74, 6) is 0.800. The summed E-state index contributed by atoms with van der Waals surface area (Å²) in [5.41, 5.74) is 5.07. The lowest BCUT2D eigenvalue weighted by Gasteiger charge is -2.26. The van der Waals surface area contributed by atoms with Crippen molar-refractivity contribution in [2.45, 2.75) is 115 Å². The van der Waals surface area contributed by atoms with Crippen LogP contribution >= 0.6 is 0 Å². The molecule has 6 N–H and O–H groups in total. The zero-order valence-corrected chi connectivity index (χ0v) is 26.7. The quantitative estimate of drug-likeness (QED) is 0.117. The Bertz CT molecular complexity index is 1100. The van der Waals surface area contributed by atoms with Crippen LogP contribution in [0.25, 0.3) is 0 Å². The van der Waals surface area contributed by atoms with Gasteiger partial charge in [0.2, 0.25) is 0 Å². The molecule has 2 aromatic rings. The maximum Gasteiger partial charge on any atom is 0.127 e. The average molecular weight is 611 g/mol. The van der Waals surface area contributed by atoms with E-state index in [0.717, 1.165) is 73.6 Å². The van der Waals surface area contributed by atoms with E-state index in [1.807, 2.05) is 38.1 Å². The minimum atomic E-state index is -0.0452. The number of aliphatic hydroxyl groups excluding tert-OH is 4. The van der Waals surface area contributed by atoms with Crippen LogP contribution in [-0.4, -0.2) is 81.6 Å². The zero-order chi connectivity index (χ0) is 31.9. The molecule has 2 atom stereocenters. The Morgan fingerprint density at radius 3 is 1.27 bits per heavy atom. The minimum absolute atomic E-state index is 0.0452. The average Bonchev–Trinajstić information content (AvgIpc) is 3.03. The lowest BCUT2D eigenvalue weighted by atomic mass is 9.87. The first-order valence-corrected chi connectivity index (χ1v) is 16.5. The summed E-state index contributed by atoms with van der Waals surface area (Å²) in [6.45, 7) is 4.28. The van der Waals surface area contributed by atoms with Crippen LogP contribution in [0.15, 0.2) is 34.3 Å². The van der Waals surface area contributed by atoms with Gasteiger partial charge in [-0.05, 0) is 124 Å². The lowest BCUT2D eigenvalue weighted by Crippen LogP contribution is -2.27. The molecule has 1 fully saturated rings. The molecular weight excluding hydrogens is 556 g/mol. The lowest BCUT2D eigenvalue weighted by molar-refractivity contribution is 0.264. The molecule has 244 valence electrons. The normalized spacial score (nSPS) is 17.5. The fourth-order valence-electron chi connectivity index (χ4n) is 6.44. The summed E-state index contributed by atoms with van der Waals surface area (Å²) in [6, 6.07) is 7.89. The number of rotatable bonds is 18. The summed E-state index contributed by atoms with van der Waals surface area (Å²) in [7, 11) is 0. The third-order valence-corrected chi connectivity index (χ3v) is 8.99. The van der Waals surface area contributed by atoms with Crippen molar-refractivity contribution in [1.29, 1.82) is 0 Å². The van der Waals surface area contributed by atoms with Crippen molar-refractivity contribution in [3.63, 3.8) is 0 Å². The monoisotopic (exact) mass is 610 g/mol. The molecule has 0 heterocycles. The molecule has 8 nitrogen and oxygen atoms in total. The standard InChI is InChI=1S/C36H54N2O6/c1-25-19-29(27(9-5-15-39)10-6-16-40)21-31(35(25)43)23-37-33-13-3-4-14-34(33)38-24-32-22-30(20-26(2)36(32)44)28(11-7-17-41)12-8-18-42/h19-24,27-28,33-34,39-44H,3-18H2,1-2H3/b37-23+,38-24+. The maximum absolute atomic E-state index is 10.9. The molecule has 0 saturated heterocycles. The molecule has 44 heavy (non-hydrogen) atoms. The number of aliphatic hydroxyl groups is 4. The van der Waals surface area contributed by atoms with E-state index in [1.165, 1.54) is 0 Å². The predicted molar refractivity (Wildman–Crippen MR) is 178 cm³/mol. The highest BCUT2D eigenvalue weighted by molar-refractivity contribution is 5.85. The number of phenolic OH excluding ortho intramolecular Hbond substituents is 2. The van der Waals surface area contributed by atoms with Gasteiger partial charge in [0.15, 0.2) is 0 Å². The topological polar surface area (TPSA) is 146 Å². The largest absolute Gasteiger partial charge is 0.507 e. The highest BCUT2D eigenvalue weighted by Crippen LogP contribution is 2.34. The van der Waals surface area contributed by atoms with Crippen molar-refractivity contribution in [3.05, 3.63) is 57.6 Å². The highest BCUT2D eigenvalue weighted by Gasteiger charge is 2.24. The molecule has 1 saturated carbocycles. The highest BCUT2D eigenvalue weighted by atomic mass is 16.3. The number of hydrogen-bond donors (Lipinski definition) is 6. The Kier molecular flexibility index (Phi) is 15.3. The molecule has 0 radical (unpaired) electrons. The van der Waals surface area contributed by atoms with Crippen LogP contribution in [0.5, 0.6) is 11.5 Å². The smallest absolute Gasteiger partial charge is 0.127 e. The van der Waals surface area contributed by atoms with Gasteiger partial charge >= 0.3 is 0 Å². The molecule has 1 aliphatic carbocycles. The predicted octanol–water partition coefficient (Wildman–Crippen LogP) is 5.82. The van der Waals surface area contributed by atoms with E-state index in [-0.39, 0.29) is 61.8 Å². The van der Waals surface area contributed by atoms with Crippen molar-refractivity contribution in [3.8, 4) is 11.5 Å². The Balaban J connectivity index is 1.85. The van der Waals surface area contributed by atoms with Crippen molar-refractivity contribution in [2.24, 2.45) is 9.98 Å². The zero-order valence-electron chi connectivity index (χ0n) is 26.7.